The molecule has 11 heteroatoms. The van der Waals surface area contributed by atoms with Crippen molar-refractivity contribution >= 4 is 47.8 Å². The van der Waals surface area contributed by atoms with Gasteiger partial charge < -0.3 is 24.8 Å². The lowest BCUT2D eigenvalue weighted by Crippen LogP contribution is -2.49. The Kier molecular flexibility index (Phi) is 10.4. The van der Waals surface area contributed by atoms with E-state index in [-0.39, 0.29) is 47.7 Å². The van der Waals surface area contributed by atoms with Gasteiger partial charge >= 0.3 is 5.97 Å². The molecule has 0 spiro atoms. The maximum absolute atomic E-state index is 12.6. The number of carbonyl (C=O) groups is 2. The molecule has 178 valence electrons. The van der Waals surface area contributed by atoms with E-state index >= 15 is 0 Å². The molecule has 3 heterocycles. The van der Waals surface area contributed by atoms with Crippen molar-refractivity contribution in [2.45, 2.75) is 20.3 Å². The van der Waals surface area contributed by atoms with Crippen molar-refractivity contribution in [2.24, 2.45) is 16.8 Å². The zero-order valence-corrected chi connectivity index (χ0v) is 21.4. The van der Waals surface area contributed by atoms with E-state index in [0.29, 0.717) is 38.5 Å². The highest BCUT2D eigenvalue weighted by Gasteiger charge is 2.36. The van der Waals surface area contributed by atoms with Crippen molar-refractivity contribution < 1.29 is 14.3 Å². The number of aromatic nitrogens is 2. The molecule has 1 aromatic heterocycles. The van der Waals surface area contributed by atoms with Crippen LogP contribution in [-0.4, -0.2) is 97.1 Å². The standard InChI is InChI=1S/C21H33N7O3.HI/c1-4-22-20(28-14-16(2)17(15-28)19(30)31-3)25-9-6-18(29)26-10-12-27(13-11-26)21-23-7-5-8-24-21;/h5,7-8,16-17H,4,6,9-15H2,1-3H3,(H,22,25);1H. The van der Waals surface area contributed by atoms with Crippen LogP contribution in [0.5, 0.6) is 0 Å². The number of esters is 1. The summed E-state index contributed by atoms with van der Waals surface area (Å²) in [6, 6.07) is 1.80. The smallest absolute Gasteiger partial charge is 0.310 e. The van der Waals surface area contributed by atoms with Crippen LogP contribution in [0, 0.1) is 11.8 Å². The van der Waals surface area contributed by atoms with E-state index < -0.39 is 0 Å². The molecule has 32 heavy (non-hydrogen) atoms. The molecule has 0 saturated carbocycles. The van der Waals surface area contributed by atoms with E-state index in [9.17, 15) is 9.59 Å². The summed E-state index contributed by atoms with van der Waals surface area (Å²) < 4.78 is 4.92. The second kappa shape index (κ2) is 12.8. The lowest BCUT2D eigenvalue weighted by molar-refractivity contribution is -0.146. The quantitative estimate of drug-likeness (QED) is 0.237. The third-order valence-corrected chi connectivity index (χ3v) is 5.81. The van der Waals surface area contributed by atoms with Gasteiger partial charge in [0, 0.05) is 64.6 Å². The van der Waals surface area contributed by atoms with Gasteiger partial charge in [0.2, 0.25) is 11.9 Å². The van der Waals surface area contributed by atoms with Crippen molar-refractivity contribution in [1.29, 1.82) is 0 Å². The topological polar surface area (TPSA) is 103 Å². The Bertz CT molecular complexity index is 772. The van der Waals surface area contributed by atoms with Gasteiger partial charge in [0.1, 0.15) is 0 Å². The molecule has 10 nitrogen and oxygen atoms in total. The number of hydrogen-bond donors (Lipinski definition) is 1. The number of ether oxygens (including phenoxy) is 1. The fourth-order valence-corrected chi connectivity index (χ4v) is 4.05. The van der Waals surface area contributed by atoms with Gasteiger partial charge in [-0.25, -0.2) is 9.97 Å². The summed E-state index contributed by atoms with van der Waals surface area (Å²) in [5.41, 5.74) is 0. The number of likely N-dealkylation sites (tertiary alicyclic amines) is 1. The first kappa shape index (κ1) is 26.1. The van der Waals surface area contributed by atoms with Crippen molar-refractivity contribution in [2.75, 3.05) is 64.4 Å². The van der Waals surface area contributed by atoms with Crippen molar-refractivity contribution in [3.8, 4) is 0 Å². The van der Waals surface area contributed by atoms with Crippen LogP contribution < -0.4 is 10.2 Å². The molecule has 3 rings (SSSR count). The minimum atomic E-state index is -0.180. The highest BCUT2D eigenvalue weighted by Crippen LogP contribution is 2.24. The molecule has 0 bridgehead atoms. The Hall–Kier alpha value is -2.18. The van der Waals surface area contributed by atoms with Crippen LogP contribution in [0.15, 0.2) is 23.5 Å². The number of amides is 1. The lowest BCUT2D eigenvalue weighted by atomic mass is 9.99. The number of methoxy groups -OCH3 is 1. The van der Waals surface area contributed by atoms with E-state index in [1.165, 1.54) is 7.11 Å². The number of halogens is 1. The van der Waals surface area contributed by atoms with Gasteiger partial charge in [0.15, 0.2) is 5.96 Å². The SMILES string of the molecule is CCNC(=NCCC(=O)N1CCN(c2ncccn2)CC1)N1CC(C)C(C(=O)OC)C1.I. The second-order valence-corrected chi connectivity index (χ2v) is 7.91. The summed E-state index contributed by atoms with van der Waals surface area (Å²) in [4.78, 5) is 43.9. The zero-order valence-electron chi connectivity index (χ0n) is 19.1. The number of hydrogen-bond acceptors (Lipinski definition) is 7. The fourth-order valence-electron chi connectivity index (χ4n) is 4.05. The number of aliphatic imine (C=N–C) groups is 1. The average molecular weight is 559 g/mol. The minimum Gasteiger partial charge on any atom is -0.469 e. The van der Waals surface area contributed by atoms with Crippen molar-refractivity contribution in [3.63, 3.8) is 0 Å². The van der Waals surface area contributed by atoms with E-state index in [1.807, 2.05) is 11.8 Å². The first-order valence-corrected chi connectivity index (χ1v) is 10.9. The number of piperazine rings is 1. The molecule has 2 atom stereocenters. The molecule has 2 fully saturated rings. The third-order valence-electron chi connectivity index (χ3n) is 5.81. The first-order valence-electron chi connectivity index (χ1n) is 10.9. The van der Waals surface area contributed by atoms with Crippen LogP contribution in [0.3, 0.4) is 0 Å². The van der Waals surface area contributed by atoms with Crippen LogP contribution >= 0.6 is 24.0 Å². The molecule has 2 unspecified atom stereocenters. The number of nitrogens with zero attached hydrogens (tertiary/aromatic N) is 6. The first-order chi connectivity index (χ1) is 15.0. The Morgan fingerprint density at radius 3 is 2.47 bits per heavy atom. The fraction of sp³-hybridized carbons (Fsp3) is 0.667. The average Bonchev–Trinajstić information content (AvgIpc) is 3.20. The zero-order chi connectivity index (χ0) is 22.2. The Morgan fingerprint density at radius 1 is 1.16 bits per heavy atom. The van der Waals surface area contributed by atoms with Gasteiger partial charge in [-0.2, -0.15) is 0 Å². The van der Waals surface area contributed by atoms with E-state index in [4.69, 9.17) is 4.74 Å². The molecule has 0 aromatic carbocycles. The van der Waals surface area contributed by atoms with Gasteiger partial charge in [-0.3, -0.25) is 14.6 Å². The summed E-state index contributed by atoms with van der Waals surface area (Å²) in [7, 11) is 1.43. The predicted octanol–water partition coefficient (Wildman–Crippen LogP) is 0.840. The molecular formula is C21H34IN7O3. The molecule has 2 aliphatic rings. The van der Waals surface area contributed by atoms with Crippen LogP contribution in [0.4, 0.5) is 5.95 Å². The van der Waals surface area contributed by atoms with Crippen molar-refractivity contribution in [3.05, 3.63) is 18.5 Å². The molecule has 1 N–H and O–H groups in total. The summed E-state index contributed by atoms with van der Waals surface area (Å²) in [6.45, 7) is 9.28. The summed E-state index contributed by atoms with van der Waals surface area (Å²) in [5.74, 6) is 1.43. The summed E-state index contributed by atoms with van der Waals surface area (Å²) >= 11 is 0. The van der Waals surface area contributed by atoms with E-state index in [2.05, 4.69) is 37.0 Å². The third kappa shape index (κ3) is 6.66. The molecule has 0 radical (unpaired) electrons. The van der Waals surface area contributed by atoms with Gasteiger partial charge in [0.25, 0.3) is 0 Å². The highest BCUT2D eigenvalue weighted by molar-refractivity contribution is 14.0. The predicted molar refractivity (Wildman–Crippen MR) is 133 cm³/mol. The van der Waals surface area contributed by atoms with Crippen LogP contribution in [0.25, 0.3) is 0 Å². The van der Waals surface area contributed by atoms with Crippen LogP contribution in [0.1, 0.15) is 20.3 Å². The molecule has 2 saturated heterocycles. The Labute approximate surface area is 206 Å². The number of nitrogens with one attached hydrogen (secondary N) is 1. The molecule has 2 aliphatic heterocycles. The number of carbonyl (C=O) groups excluding carboxylic acids is 2. The largest absolute Gasteiger partial charge is 0.469 e. The molecular weight excluding hydrogens is 525 g/mol. The molecule has 1 amide bonds. The molecule has 0 aliphatic carbocycles. The lowest BCUT2D eigenvalue weighted by Gasteiger charge is -2.34. The van der Waals surface area contributed by atoms with Gasteiger partial charge in [-0.1, -0.05) is 6.92 Å². The number of guanidine groups is 1. The molecule has 1 aromatic rings. The van der Waals surface area contributed by atoms with E-state index in [1.54, 1.807) is 18.5 Å². The summed E-state index contributed by atoms with van der Waals surface area (Å²) in [6.07, 6.45) is 3.82. The number of rotatable bonds is 6. The van der Waals surface area contributed by atoms with Gasteiger partial charge in [0.05, 0.1) is 19.6 Å². The van der Waals surface area contributed by atoms with Crippen molar-refractivity contribution in [1.82, 2.24) is 25.1 Å². The Morgan fingerprint density at radius 2 is 1.84 bits per heavy atom. The van der Waals surface area contributed by atoms with E-state index in [0.717, 1.165) is 32.1 Å². The van der Waals surface area contributed by atoms with Gasteiger partial charge in [-0.05, 0) is 18.9 Å². The second-order valence-electron chi connectivity index (χ2n) is 7.91. The highest BCUT2D eigenvalue weighted by atomic mass is 127. The van der Waals surface area contributed by atoms with Crippen LogP contribution in [-0.2, 0) is 14.3 Å². The maximum atomic E-state index is 12.6. The van der Waals surface area contributed by atoms with Crippen LogP contribution in [0.2, 0.25) is 0 Å². The number of anilines is 1. The van der Waals surface area contributed by atoms with Gasteiger partial charge in [-0.15, -0.1) is 24.0 Å². The minimum absolute atomic E-state index is 0. The summed E-state index contributed by atoms with van der Waals surface area (Å²) in [5, 5.41) is 3.28. The maximum Gasteiger partial charge on any atom is 0.310 e. The monoisotopic (exact) mass is 559 g/mol. The normalized spacial score (nSPS) is 21.2. The Balaban J connectivity index is 0.00000363.